The van der Waals surface area contributed by atoms with E-state index in [1.165, 1.54) is 6.20 Å². The molecule has 2 N–H and O–H groups in total. The van der Waals surface area contributed by atoms with Crippen molar-refractivity contribution in [3.63, 3.8) is 0 Å². The molecule has 7 heteroatoms. The predicted octanol–water partition coefficient (Wildman–Crippen LogP) is 2.44. The number of hydrogen-bond donors (Lipinski definition) is 1. The molecule has 0 fully saturated rings. The van der Waals surface area contributed by atoms with Crippen LogP contribution in [0.1, 0.15) is 18.4 Å². The van der Waals surface area contributed by atoms with Crippen LogP contribution in [0.4, 0.5) is 13.2 Å². The SMILES string of the molecule is NC(=S)c1cccnc1OCCCC(F)(F)F. The zero-order valence-corrected chi connectivity index (χ0v) is 9.64. The lowest BCUT2D eigenvalue weighted by atomic mass is 10.2. The summed E-state index contributed by atoms with van der Waals surface area (Å²) in [5, 5.41) is 0. The highest BCUT2D eigenvalue weighted by Gasteiger charge is 2.26. The molecule has 0 saturated carbocycles. The normalized spacial score (nSPS) is 11.2. The van der Waals surface area contributed by atoms with Crippen molar-refractivity contribution < 1.29 is 17.9 Å². The highest BCUT2D eigenvalue weighted by Crippen LogP contribution is 2.21. The van der Waals surface area contributed by atoms with Gasteiger partial charge in [-0.15, -0.1) is 0 Å². The van der Waals surface area contributed by atoms with Crippen molar-refractivity contribution in [3.8, 4) is 5.88 Å². The summed E-state index contributed by atoms with van der Waals surface area (Å²) in [5.74, 6) is 0.169. The van der Waals surface area contributed by atoms with Crippen molar-refractivity contribution >= 4 is 17.2 Å². The molecule has 1 heterocycles. The van der Waals surface area contributed by atoms with Crippen LogP contribution in [0.15, 0.2) is 18.3 Å². The van der Waals surface area contributed by atoms with Gasteiger partial charge in [-0.1, -0.05) is 12.2 Å². The molecule has 0 spiro atoms. The van der Waals surface area contributed by atoms with Crippen LogP contribution in [0.5, 0.6) is 5.88 Å². The minimum Gasteiger partial charge on any atom is -0.477 e. The van der Waals surface area contributed by atoms with Crippen LogP contribution < -0.4 is 10.5 Å². The first-order valence-electron chi connectivity index (χ1n) is 4.84. The maximum absolute atomic E-state index is 11.9. The maximum Gasteiger partial charge on any atom is 0.389 e. The number of ether oxygens (including phenoxy) is 1. The summed E-state index contributed by atoms with van der Waals surface area (Å²) in [5.41, 5.74) is 5.84. The van der Waals surface area contributed by atoms with Gasteiger partial charge >= 0.3 is 6.18 Å². The van der Waals surface area contributed by atoms with Crippen molar-refractivity contribution in [3.05, 3.63) is 23.9 Å². The van der Waals surface area contributed by atoms with Gasteiger partial charge in [0, 0.05) is 12.6 Å². The molecule has 0 radical (unpaired) electrons. The Kier molecular flexibility index (Phi) is 4.68. The molecule has 0 aliphatic carbocycles. The smallest absolute Gasteiger partial charge is 0.389 e. The molecular weight excluding hydrogens is 253 g/mol. The number of hydrogen-bond acceptors (Lipinski definition) is 3. The lowest BCUT2D eigenvalue weighted by Gasteiger charge is -2.10. The van der Waals surface area contributed by atoms with E-state index in [0.717, 1.165) is 0 Å². The molecular formula is C10H11F3N2OS. The summed E-state index contributed by atoms with van der Waals surface area (Å²) in [6.45, 7) is -0.0772. The molecule has 17 heavy (non-hydrogen) atoms. The van der Waals surface area contributed by atoms with E-state index in [1.807, 2.05) is 0 Å². The first-order chi connectivity index (χ1) is 7.90. The van der Waals surface area contributed by atoms with Crippen LogP contribution in [0, 0.1) is 0 Å². The van der Waals surface area contributed by atoms with Crippen LogP contribution in [0.3, 0.4) is 0 Å². The molecule has 3 nitrogen and oxygen atoms in total. The molecule has 0 aliphatic heterocycles. The standard InChI is InChI=1S/C10H11F3N2OS/c11-10(12,13)4-2-6-16-9-7(8(14)17)3-1-5-15-9/h1,3,5H,2,4,6H2,(H2,14,17). The Bertz CT molecular complexity index is 395. The summed E-state index contributed by atoms with van der Waals surface area (Å²) < 4.78 is 40.7. The molecule has 1 rings (SSSR count). The van der Waals surface area contributed by atoms with Crippen LogP contribution in [-0.2, 0) is 0 Å². The Labute approximate surface area is 102 Å². The minimum atomic E-state index is -4.17. The van der Waals surface area contributed by atoms with Crippen molar-refractivity contribution in [1.82, 2.24) is 4.98 Å². The second-order valence-corrected chi connectivity index (χ2v) is 3.73. The Balaban J connectivity index is 2.49. The van der Waals surface area contributed by atoms with Crippen LogP contribution >= 0.6 is 12.2 Å². The number of aromatic nitrogens is 1. The fourth-order valence-electron chi connectivity index (χ4n) is 1.13. The van der Waals surface area contributed by atoms with E-state index in [4.69, 9.17) is 22.7 Å². The lowest BCUT2D eigenvalue weighted by Crippen LogP contribution is -2.14. The van der Waals surface area contributed by atoms with Crippen molar-refractivity contribution in [2.45, 2.75) is 19.0 Å². The van der Waals surface area contributed by atoms with E-state index >= 15 is 0 Å². The third-order valence-electron chi connectivity index (χ3n) is 1.88. The Morgan fingerprint density at radius 2 is 2.18 bits per heavy atom. The van der Waals surface area contributed by atoms with Gasteiger partial charge in [0.1, 0.15) is 4.99 Å². The van der Waals surface area contributed by atoms with Crippen LogP contribution in [0.2, 0.25) is 0 Å². The summed E-state index contributed by atoms with van der Waals surface area (Å²) >= 11 is 4.77. The average molecular weight is 264 g/mol. The molecule has 0 aromatic carbocycles. The molecule has 0 bridgehead atoms. The molecule has 1 aromatic heterocycles. The fourth-order valence-corrected chi connectivity index (χ4v) is 1.29. The van der Waals surface area contributed by atoms with Gasteiger partial charge in [0.25, 0.3) is 0 Å². The fraction of sp³-hybridized carbons (Fsp3) is 0.400. The second kappa shape index (κ2) is 5.81. The Morgan fingerprint density at radius 1 is 1.47 bits per heavy atom. The van der Waals surface area contributed by atoms with Gasteiger partial charge in [-0.3, -0.25) is 0 Å². The molecule has 1 aromatic rings. The Hall–Kier alpha value is -1.37. The van der Waals surface area contributed by atoms with E-state index in [2.05, 4.69) is 4.98 Å². The first kappa shape index (κ1) is 13.7. The lowest BCUT2D eigenvalue weighted by molar-refractivity contribution is -0.136. The van der Waals surface area contributed by atoms with E-state index in [-0.39, 0.29) is 23.9 Å². The number of thiocarbonyl (C=S) groups is 1. The second-order valence-electron chi connectivity index (χ2n) is 3.29. The van der Waals surface area contributed by atoms with Gasteiger partial charge in [0.2, 0.25) is 5.88 Å². The summed E-state index contributed by atoms with van der Waals surface area (Å²) in [6.07, 6.45) is -3.72. The zero-order chi connectivity index (χ0) is 12.9. The van der Waals surface area contributed by atoms with Crippen LogP contribution in [0.25, 0.3) is 0 Å². The maximum atomic E-state index is 11.9. The largest absolute Gasteiger partial charge is 0.477 e. The Morgan fingerprint density at radius 3 is 2.76 bits per heavy atom. The van der Waals surface area contributed by atoms with Gasteiger partial charge < -0.3 is 10.5 Å². The van der Waals surface area contributed by atoms with Gasteiger partial charge in [-0.25, -0.2) is 4.98 Å². The van der Waals surface area contributed by atoms with Crippen molar-refractivity contribution in [2.24, 2.45) is 5.73 Å². The van der Waals surface area contributed by atoms with Crippen molar-refractivity contribution in [1.29, 1.82) is 0 Å². The van der Waals surface area contributed by atoms with Gasteiger partial charge in [-0.2, -0.15) is 13.2 Å². The third-order valence-corrected chi connectivity index (χ3v) is 2.10. The molecule has 94 valence electrons. The van der Waals surface area contributed by atoms with Crippen LogP contribution in [-0.4, -0.2) is 22.8 Å². The van der Waals surface area contributed by atoms with E-state index in [0.29, 0.717) is 5.56 Å². The van der Waals surface area contributed by atoms with Gasteiger partial charge in [-0.05, 0) is 18.6 Å². The number of pyridine rings is 1. The average Bonchev–Trinajstić information content (AvgIpc) is 2.23. The van der Waals surface area contributed by atoms with E-state index < -0.39 is 12.6 Å². The van der Waals surface area contributed by atoms with E-state index in [1.54, 1.807) is 12.1 Å². The first-order valence-corrected chi connectivity index (χ1v) is 5.25. The minimum absolute atomic E-state index is 0.0772. The zero-order valence-electron chi connectivity index (χ0n) is 8.83. The van der Waals surface area contributed by atoms with Gasteiger partial charge in [0.05, 0.1) is 12.2 Å². The highest BCUT2D eigenvalue weighted by atomic mass is 32.1. The molecule has 0 saturated heterocycles. The monoisotopic (exact) mass is 264 g/mol. The highest BCUT2D eigenvalue weighted by molar-refractivity contribution is 7.80. The number of halogens is 3. The predicted molar refractivity (Wildman–Crippen MR) is 60.9 cm³/mol. The van der Waals surface area contributed by atoms with E-state index in [9.17, 15) is 13.2 Å². The van der Waals surface area contributed by atoms with Crippen molar-refractivity contribution in [2.75, 3.05) is 6.61 Å². The number of alkyl halides is 3. The molecule has 0 atom stereocenters. The topological polar surface area (TPSA) is 48.1 Å². The number of nitrogens with zero attached hydrogens (tertiary/aromatic N) is 1. The summed E-state index contributed by atoms with van der Waals surface area (Å²) in [6, 6.07) is 3.23. The third kappa shape index (κ3) is 4.99. The molecule has 0 aliphatic rings. The molecule has 0 unspecified atom stereocenters. The summed E-state index contributed by atoms with van der Waals surface area (Å²) in [7, 11) is 0. The summed E-state index contributed by atoms with van der Waals surface area (Å²) in [4.78, 5) is 3.96. The number of nitrogens with two attached hydrogens (primary N) is 1. The quantitative estimate of drug-likeness (QED) is 0.655. The van der Waals surface area contributed by atoms with Gasteiger partial charge in [0.15, 0.2) is 0 Å². The number of rotatable bonds is 5. The molecule has 0 amide bonds.